The lowest BCUT2D eigenvalue weighted by Crippen LogP contribution is -2.10. The van der Waals surface area contributed by atoms with Crippen LogP contribution in [0.3, 0.4) is 0 Å². The molecule has 0 aromatic heterocycles. The number of benzene rings is 8. The van der Waals surface area contributed by atoms with Gasteiger partial charge in [-0.15, -0.1) is 0 Å². The second-order valence-electron chi connectivity index (χ2n) is 11.9. The van der Waals surface area contributed by atoms with E-state index in [0.29, 0.717) is 0 Å². The van der Waals surface area contributed by atoms with Gasteiger partial charge < -0.3 is 4.90 Å². The number of rotatable bonds is 7. The van der Waals surface area contributed by atoms with E-state index in [1.807, 2.05) is 0 Å². The molecule has 0 bridgehead atoms. The lowest BCUT2D eigenvalue weighted by molar-refractivity contribution is 1.28. The smallest absolute Gasteiger partial charge is 0.0467 e. The van der Waals surface area contributed by atoms with Crippen molar-refractivity contribution in [2.75, 3.05) is 4.90 Å². The molecule has 1 nitrogen and oxygen atoms in total. The molecule has 0 saturated heterocycles. The normalized spacial score (nSPS) is 11.0. The fourth-order valence-electron chi connectivity index (χ4n) is 6.41. The predicted octanol–water partition coefficient (Wildman–Crippen LogP) is 13.0. The first-order valence-electron chi connectivity index (χ1n) is 16.1. The molecule has 0 amide bonds. The summed E-state index contributed by atoms with van der Waals surface area (Å²) in [6.07, 6.45) is 0. The second-order valence-corrected chi connectivity index (χ2v) is 11.9. The van der Waals surface area contributed by atoms with Gasteiger partial charge in [-0.05, 0) is 104 Å². The minimum atomic E-state index is 1.11. The largest absolute Gasteiger partial charge is 0.310 e. The molecule has 0 spiro atoms. The Hall–Kier alpha value is -6.18. The van der Waals surface area contributed by atoms with Crippen LogP contribution >= 0.6 is 0 Å². The van der Waals surface area contributed by atoms with Crippen molar-refractivity contribution in [2.24, 2.45) is 0 Å². The summed E-state index contributed by atoms with van der Waals surface area (Å²) in [6.45, 7) is 0. The topological polar surface area (TPSA) is 3.24 Å². The minimum absolute atomic E-state index is 1.11. The van der Waals surface area contributed by atoms with E-state index in [1.165, 1.54) is 55.3 Å². The van der Waals surface area contributed by atoms with E-state index in [-0.39, 0.29) is 0 Å². The Balaban J connectivity index is 1.21. The molecule has 0 aliphatic rings. The molecule has 0 N–H and O–H groups in total. The van der Waals surface area contributed by atoms with Gasteiger partial charge in [0.25, 0.3) is 0 Å². The Morgan fingerprint density at radius 3 is 1.21 bits per heavy atom. The van der Waals surface area contributed by atoms with E-state index in [4.69, 9.17) is 0 Å². The van der Waals surface area contributed by atoms with Crippen LogP contribution in [0.2, 0.25) is 0 Å². The van der Waals surface area contributed by atoms with E-state index < -0.39 is 0 Å². The Labute approximate surface area is 276 Å². The van der Waals surface area contributed by atoms with Gasteiger partial charge in [-0.1, -0.05) is 152 Å². The number of hydrogen-bond donors (Lipinski definition) is 0. The summed E-state index contributed by atoms with van der Waals surface area (Å²) in [5.74, 6) is 0. The highest BCUT2D eigenvalue weighted by Gasteiger charge is 2.15. The Kier molecular flexibility index (Phi) is 7.63. The Bertz CT molecular complexity index is 2290. The molecule has 0 atom stereocenters. The molecule has 0 unspecified atom stereocenters. The zero-order valence-corrected chi connectivity index (χ0v) is 26.0. The summed E-state index contributed by atoms with van der Waals surface area (Å²) in [7, 11) is 0. The van der Waals surface area contributed by atoms with E-state index >= 15 is 0 Å². The van der Waals surface area contributed by atoms with Crippen LogP contribution in [0, 0.1) is 0 Å². The summed E-state index contributed by atoms with van der Waals surface area (Å²) in [5, 5.41) is 2.50. The molecule has 0 aliphatic carbocycles. The van der Waals surface area contributed by atoms with E-state index in [9.17, 15) is 0 Å². The van der Waals surface area contributed by atoms with Crippen molar-refractivity contribution >= 4 is 27.8 Å². The number of nitrogens with zero attached hydrogens (tertiary/aromatic N) is 1. The summed E-state index contributed by atoms with van der Waals surface area (Å²) in [4.78, 5) is 2.36. The molecular weight excluding hydrogens is 567 g/mol. The van der Waals surface area contributed by atoms with E-state index in [2.05, 4.69) is 205 Å². The molecule has 8 aromatic carbocycles. The first-order valence-corrected chi connectivity index (χ1v) is 16.1. The van der Waals surface area contributed by atoms with Crippen LogP contribution < -0.4 is 4.90 Å². The average molecular weight is 600 g/mol. The van der Waals surface area contributed by atoms with Crippen molar-refractivity contribution in [3.8, 4) is 44.5 Å². The molecule has 222 valence electrons. The van der Waals surface area contributed by atoms with Crippen molar-refractivity contribution in [3.05, 3.63) is 200 Å². The highest BCUT2D eigenvalue weighted by atomic mass is 15.1. The third-order valence-electron chi connectivity index (χ3n) is 8.83. The molecule has 0 saturated carbocycles. The van der Waals surface area contributed by atoms with Crippen LogP contribution in [-0.2, 0) is 0 Å². The van der Waals surface area contributed by atoms with Gasteiger partial charge in [-0.2, -0.15) is 0 Å². The fourth-order valence-corrected chi connectivity index (χ4v) is 6.41. The summed E-state index contributed by atoms with van der Waals surface area (Å²) in [5.41, 5.74) is 12.9. The highest BCUT2D eigenvalue weighted by Crippen LogP contribution is 2.39. The maximum Gasteiger partial charge on any atom is 0.0467 e. The molecule has 0 heterocycles. The molecule has 0 fully saturated rings. The molecule has 1 heteroatoms. The monoisotopic (exact) mass is 599 g/mol. The van der Waals surface area contributed by atoms with Gasteiger partial charge in [0.15, 0.2) is 0 Å². The van der Waals surface area contributed by atoms with E-state index in [0.717, 1.165) is 17.1 Å². The van der Waals surface area contributed by atoms with Gasteiger partial charge in [-0.3, -0.25) is 0 Å². The lowest BCUT2D eigenvalue weighted by Gasteiger charge is -2.27. The van der Waals surface area contributed by atoms with Gasteiger partial charge >= 0.3 is 0 Å². The number of hydrogen-bond acceptors (Lipinski definition) is 1. The fraction of sp³-hybridized carbons (Fsp3) is 0. The van der Waals surface area contributed by atoms with Crippen LogP contribution in [0.1, 0.15) is 0 Å². The quantitative estimate of drug-likeness (QED) is 0.176. The van der Waals surface area contributed by atoms with Crippen molar-refractivity contribution in [1.82, 2.24) is 0 Å². The van der Waals surface area contributed by atoms with Crippen molar-refractivity contribution in [2.45, 2.75) is 0 Å². The molecule has 0 aliphatic heterocycles. The van der Waals surface area contributed by atoms with Gasteiger partial charge in [0, 0.05) is 17.1 Å². The average Bonchev–Trinajstić information content (AvgIpc) is 3.16. The third-order valence-corrected chi connectivity index (χ3v) is 8.83. The SMILES string of the molecule is c1ccc(-c2cccc(-c3ccc(N(c4cccc(-c5ccccc5)c4)c4cccc(-c5ccc6ccccc6c5)c4)cc3)c2)cc1. The zero-order chi connectivity index (χ0) is 31.4. The van der Waals surface area contributed by atoms with Crippen LogP contribution in [-0.4, -0.2) is 0 Å². The molecule has 8 rings (SSSR count). The van der Waals surface area contributed by atoms with Crippen molar-refractivity contribution < 1.29 is 0 Å². The number of fused-ring (bicyclic) bond motifs is 1. The highest BCUT2D eigenvalue weighted by molar-refractivity contribution is 5.89. The molecular formula is C46H33N. The molecule has 47 heavy (non-hydrogen) atoms. The molecule has 0 radical (unpaired) electrons. The van der Waals surface area contributed by atoms with Gasteiger partial charge in [-0.25, -0.2) is 0 Å². The Morgan fingerprint density at radius 2 is 0.617 bits per heavy atom. The van der Waals surface area contributed by atoms with Crippen LogP contribution in [0.25, 0.3) is 55.3 Å². The van der Waals surface area contributed by atoms with Crippen molar-refractivity contribution in [1.29, 1.82) is 0 Å². The van der Waals surface area contributed by atoms with Crippen LogP contribution in [0.4, 0.5) is 17.1 Å². The minimum Gasteiger partial charge on any atom is -0.310 e. The first-order chi connectivity index (χ1) is 23.3. The standard InChI is InChI=1S/C46H33N/c1-3-12-34(13-4-1)39-18-9-19-40(30-39)37-26-28-44(29-27-37)47(45-22-10-20-41(32-45)35-14-5-2-6-15-35)46-23-11-21-42(33-46)43-25-24-36-16-7-8-17-38(36)31-43/h1-33H. The van der Waals surface area contributed by atoms with E-state index in [1.54, 1.807) is 0 Å². The molecule has 8 aromatic rings. The zero-order valence-electron chi connectivity index (χ0n) is 26.0. The van der Waals surface area contributed by atoms with Gasteiger partial charge in [0.2, 0.25) is 0 Å². The van der Waals surface area contributed by atoms with Gasteiger partial charge in [0.05, 0.1) is 0 Å². The van der Waals surface area contributed by atoms with Crippen LogP contribution in [0.5, 0.6) is 0 Å². The first kappa shape index (κ1) is 28.3. The second kappa shape index (κ2) is 12.7. The third kappa shape index (κ3) is 5.95. The lowest BCUT2D eigenvalue weighted by atomic mass is 9.98. The van der Waals surface area contributed by atoms with Gasteiger partial charge in [0.1, 0.15) is 0 Å². The maximum atomic E-state index is 2.36. The number of anilines is 3. The summed E-state index contributed by atoms with van der Waals surface area (Å²) < 4.78 is 0. The maximum absolute atomic E-state index is 2.36. The summed E-state index contributed by atoms with van der Waals surface area (Å²) >= 11 is 0. The Morgan fingerprint density at radius 1 is 0.213 bits per heavy atom. The van der Waals surface area contributed by atoms with Crippen molar-refractivity contribution in [3.63, 3.8) is 0 Å². The summed E-state index contributed by atoms with van der Waals surface area (Å²) in [6, 6.07) is 71.9. The predicted molar refractivity (Wildman–Crippen MR) is 200 cm³/mol. The van der Waals surface area contributed by atoms with Crippen LogP contribution in [0.15, 0.2) is 200 Å².